The van der Waals surface area contributed by atoms with E-state index in [1.807, 2.05) is 0 Å². The number of phenolic OH excluding ortho intramolecular Hbond substituents is 1. The summed E-state index contributed by atoms with van der Waals surface area (Å²) in [6.45, 7) is 4.54. The van der Waals surface area contributed by atoms with Crippen LogP contribution in [0.1, 0.15) is 36.7 Å². The number of aliphatic hydroxyl groups is 1. The van der Waals surface area contributed by atoms with Crippen molar-refractivity contribution in [2.45, 2.75) is 44.9 Å². The van der Waals surface area contributed by atoms with Gasteiger partial charge in [-0.25, -0.2) is 14.4 Å². The average molecular weight is 435 g/mol. The van der Waals surface area contributed by atoms with Crippen molar-refractivity contribution in [3.63, 3.8) is 0 Å². The molecule has 3 atom stereocenters. The predicted molar refractivity (Wildman–Crippen MR) is 108 cm³/mol. The van der Waals surface area contributed by atoms with Gasteiger partial charge >= 0.3 is 6.18 Å². The maximum absolute atomic E-state index is 14.1. The summed E-state index contributed by atoms with van der Waals surface area (Å²) >= 11 is 0. The number of alkyl halides is 3. The van der Waals surface area contributed by atoms with E-state index in [1.165, 1.54) is 44.3 Å². The summed E-state index contributed by atoms with van der Waals surface area (Å²) in [7, 11) is 0. The van der Waals surface area contributed by atoms with E-state index in [9.17, 15) is 27.8 Å². The minimum atomic E-state index is -4.80. The fourth-order valence-electron chi connectivity index (χ4n) is 4.33. The van der Waals surface area contributed by atoms with E-state index in [0.29, 0.717) is 28.0 Å². The van der Waals surface area contributed by atoms with Crippen molar-refractivity contribution in [1.82, 2.24) is 9.97 Å². The Morgan fingerprint density at radius 3 is 2.55 bits per heavy atom. The number of aromatic hydroxyl groups is 1. The van der Waals surface area contributed by atoms with Gasteiger partial charge in [0, 0.05) is 35.6 Å². The van der Waals surface area contributed by atoms with Crippen LogP contribution in [0.15, 0.2) is 30.5 Å². The number of fused-ring (bicyclic) bond motifs is 2. The lowest BCUT2D eigenvalue weighted by atomic mass is 9.67. The number of anilines is 2. The van der Waals surface area contributed by atoms with E-state index in [-0.39, 0.29) is 17.0 Å². The van der Waals surface area contributed by atoms with E-state index in [0.717, 1.165) is 0 Å². The third-order valence-corrected chi connectivity index (χ3v) is 6.27. The second-order valence-electron chi connectivity index (χ2n) is 8.14. The molecule has 0 saturated carbocycles. The van der Waals surface area contributed by atoms with Crippen LogP contribution in [-0.4, -0.2) is 32.0 Å². The van der Waals surface area contributed by atoms with Crippen LogP contribution < -0.4 is 5.32 Å². The maximum atomic E-state index is 14.1. The molecule has 0 radical (unpaired) electrons. The first-order valence-corrected chi connectivity index (χ1v) is 9.76. The van der Waals surface area contributed by atoms with E-state index < -0.39 is 35.9 Å². The van der Waals surface area contributed by atoms with Crippen LogP contribution in [0.25, 0.3) is 10.9 Å². The topological polar surface area (TPSA) is 78.3 Å². The molecular formula is C22H21F4N3O2. The van der Waals surface area contributed by atoms with Gasteiger partial charge in [0.2, 0.25) is 0 Å². The van der Waals surface area contributed by atoms with Crippen molar-refractivity contribution in [3.05, 3.63) is 53.2 Å². The highest BCUT2D eigenvalue weighted by atomic mass is 19.4. The number of hydrogen-bond donors (Lipinski definition) is 3. The molecule has 1 aromatic heterocycles. The summed E-state index contributed by atoms with van der Waals surface area (Å²) in [6.07, 6.45) is -3.92. The lowest BCUT2D eigenvalue weighted by Crippen LogP contribution is -2.55. The molecule has 2 aromatic carbocycles. The lowest BCUT2D eigenvalue weighted by Gasteiger charge is -2.44. The van der Waals surface area contributed by atoms with Gasteiger partial charge in [0.25, 0.3) is 0 Å². The molecule has 9 heteroatoms. The Balaban J connectivity index is 1.79. The fourth-order valence-corrected chi connectivity index (χ4v) is 4.33. The molecular weight excluding hydrogens is 414 g/mol. The minimum absolute atomic E-state index is 0.211. The monoisotopic (exact) mass is 435 g/mol. The number of benzene rings is 2. The highest BCUT2D eigenvalue weighted by molar-refractivity contribution is 5.93. The van der Waals surface area contributed by atoms with E-state index >= 15 is 0 Å². The zero-order valence-electron chi connectivity index (χ0n) is 17.0. The van der Waals surface area contributed by atoms with Crippen molar-refractivity contribution in [2.75, 3.05) is 5.32 Å². The first-order valence-electron chi connectivity index (χ1n) is 9.76. The Labute approximate surface area is 175 Å². The third-order valence-electron chi connectivity index (χ3n) is 6.27. The number of nitrogens with one attached hydrogen (secondary N) is 1. The summed E-state index contributed by atoms with van der Waals surface area (Å²) in [4.78, 5) is 8.33. The van der Waals surface area contributed by atoms with Crippen LogP contribution in [-0.2, 0) is 6.42 Å². The molecule has 0 saturated heterocycles. The number of rotatable bonds is 2. The zero-order valence-corrected chi connectivity index (χ0v) is 17.0. The average Bonchev–Trinajstić information content (AvgIpc) is 2.66. The molecule has 1 aliphatic carbocycles. The number of hydrogen-bond acceptors (Lipinski definition) is 5. The third kappa shape index (κ3) is 3.37. The molecule has 0 aliphatic heterocycles. The van der Waals surface area contributed by atoms with Gasteiger partial charge in [-0.1, -0.05) is 19.9 Å². The predicted octanol–water partition coefficient (Wildman–Crippen LogP) is 5.12. The quantitative estimate of drug-likeness (QED) is 0.385. The summed E-state index contributed by atoms with van der Waals surface area (Å²) in [5, 5.41) is 24.8. The van der Waals surface area contributed by atoms with Gasteiger partial charge in [0.05, 0.1) is 16.9 Å². The maximum Gasteiger partial charge on any atom is 0.417 e. The number of halogens is 4. The molecule has 0 bridgehead atoms. The summed E-state index contributed by atoms with van der Waals surface area (Å²) in [5.41, 5.74) is -1.42. The van der Waals surface area contributed by atoms with Crippen molar-refractivity contribution in [2.24, 2.45) is 5.92 Å². The van der Waals surface area contributed by atoms with Crippen LogP contribution >= 0.6 is 0 Å². The van der Waals surface area contributed by atoms with Gasteiger partial charge in [-0.3, -0.25) is 0 Å². The molecule has 5 nitrogen and oxygen atoms in total. The molecule has 0 amide bonds. The van der Waals surface area contributed by atoms with E-state index in [2.05, 4.69) is 15.3 Å². The van der Waals surface area contributed by atoms with Crippen LogP contribution in [0, 0.1) is 18.7 Å². The fraction of sp³-hybridized carbons (Fsp3) is 0.364. The van der Waals surface area contributed by atoms with Crippen LogP contribution in [0.3, 0.4) is 0 Å². The van der Waals surface area contributed by atoms with E-state index in [4.69, 9.17) is 0 Å². The molecule has 3 unspecified atom stereocenters. The van der Waals surface area contributed by atoms with Gasteiger partial charge < -0.3 is 15.5 Å². The molecule has 0 spiro atoms. The zero-order chi connectivity index (χ0) is 22.7. The van der Waals surface area contributed by atoms with Gasteiger partial charge in [-0.2, -0.15) is 13.2 Å². The largest absolute Gasteiger partial charge is 0.505 e. The summed E-state index contributed by atoms with van der Waals surface area (Å²) in [5.74, 6) is -2.24. The molecule has 1 aliphatic rings. The Bertz CT molecular complexity index is 1180. The van der Waals surface area contributed by atoms with Crippen LogP contribution in [0.2, 0.25) is 0 Å². The van der Waals surface area contributed by atoms with Crippen LogP contribution in [0.4, 0.5) is 28.9 Å². The normalized spacial score (nSPS) is 23.6. The molecule has 31 heavy (non-hydrogen) atoms. The molecule has 1 heterocycles. The SMILES string of the molecule is Cc1ncc2c(Nc3ccc4c(c3O)C(C)C(C)C(O)(C(F)(F)F)C4)cc(F)cc2n1. The molecule has 164 valence electrons. The lowest BCUT2D eigenvalue weighted by molar-refractivity contribution is -0.281. The molecule has 3 aromatic rings. The Morgan fingerprint density at radius 1 is 1.16 bits per heavy atom. The van der Waals surface area contributed by atoms with Gasteiger partial charge in [-0.05, 0) is 30.5 Å². The Hall–Kier alpha value is -2.94. The first-order chi connectivity index (χ1) is 14.4. The summed E-state index contributed by atoms with van der Waals surface area (Å²) < 4.78 is 54.8. The highest BCUT2D eigenvalue weighted by Crippen LogP contribution is 2.52. The van der Waals surface area contributed by atoms with Gasteiger partial charge in [0.1, 0.15) is 17.4 Å². The van der Waals surface area contributed by atoms with Gasteiger partial charge in [0.15, 0.2) is 5.60 Å². The Morgan fingerprint density at radius 2 is 1.87 bits per heavy atom. The molecule has 4 rings (SSSR count). The standard InChI is InChI=1S/C22H21F4N3O2/c1-10-11(2)21(31,22(24,25)26)8-13-4-5-16(20(30)19(10)13)29-18-7-14(23)6-17-15(18)9-27-12(3)28-17/h4-7,9-11,29-31H,8H2,1-3H3. The van der Waals surface area contributed by atoms with Gasteiger partial charge in [-0.15, -0.1) is 0 Å². The summed E-state index contributed by atoms with van der Waals surface area (Å²) in [6, 6.07) is 5.36. The first kappa shape index (κ1) is 21.3. The second-order valence-corrected chi connectivity index (χ2v) is 8.14. The number of aryl methyl sites for hydroxylation is 1. The highest BCUT2D eigenvalue weighted by Gasteiger charge is 2.60. The molecule has 3 N–H and O–H groups in total. The van der Waals surface area contributed by atoms with Crippen molar-refractivity contribution in [3.8, 4) is 5.75 Å². The van der Waals surface area contributed by atoms with E-state index in [1.54, 1.807) is 6.92 Å². The molecule has 0 fully saturated rings. The smallest absolute Gasteiger partial charge is 0.417 e. The second kappa shape index (κ2) is 7.05. The van der Waals surface area contributed by atoms with Crippen molar-refractivity contribution >= 4 is 22.3 Å². The van der Waals surface area contributed by atoms with Crippen molar-refractivity contribution in [1.29, 1.82) is 0 Å². The van der Waals surface area contributed by atoms with Crippen LogP contribution in [0.5, 0.6) is 5.75 Å². The minimum Gasteiger partial charge on any atom is -0.505 e. The number of aromatic nitrogens is 2. The number of nitrogens with zero attached hydrogens (tertiary/aromatic N) is 2. The number of phenols is 1. The Kier molecular flexibility index (Phi) is 4.84. The van der Waals surface area contributed by atoms with Crippen molar-refractivity contribution < 1.29 is 27.8 Å².